The van der Waals surface area contributed by atoms with Crippen LogP contribution < -0.4 is 10.0 Å². The van der Waals surface area contributed by atoms with E-state index in [0.29, 0.717) is 11.5 Å². The number of hydrogen-bond donors (Lipinski definition) is 2. The van der Waals surface area contributed by atoms with Gasteiger partial charge in [0.15, 0.2) is 0 Å². The van der Waals surface area contributed by atoms with Crippen LogP contribution in [0.4, 0.5) is 11.5 Å². The molecule has 1 aromatic carbocycles. The number of nitrogens with one attached hydrogen (secondary N) is 2. The molecule has 0 aliphatic heterocycles. The highest BCUT2D eigenvalue weighted by Crippen LogP contribution is 2.21. The van der Waals surface area contributed by atoms with E-state index in [2.05, 4.69) is 20.0 Å². The van der Waals surface area contributed by atoms with Gasteiger partial charge in [-0.25, -0.2) is 23.1 Å². The molecule has 6 nitrogen and oxygen atoms in total. The summed E-state index contributed by atoms with van der Waals surface area (Å²) in [6, 6.07) is 6.62. The lowest BCUT2D eigenvalue weighted by molar-refractivity contribution is 0.491. The number of sulfonamides is 1. The van der Waals surface area contributed by atoms with Gasteiger partial charge >= 0.3 is 0 Å². The molecular formula is C15H20N4O2S. The molecule has 2 N–H and O–H groups in total. The highest BCUT2D eigenvalue weighted by molar-refractivity contribution is 7.89. The van der Waals surface area contributed by atoms with E-state index in [-0.39, 0.29) is 4.90 Å². The number of aromatic nitrogens is 2. The Bertz CT molecular complexity index is 767. The van der Waals surface area contributed by atoms with Gasteiger partial charge in [0.25, 0.3) is 0 Å². The van der Waals surface area contributed by atoms with Gasteiger partial charge in [-0.2, -0.15) is 0 Å². The zero-order valence-corrected chi connectivity index (χ0v) is 13.9. The lowest BCUT2D eigenvalue weighted by Crippen LogP contribution is -2.40. The van der Waals surface area contributed by atoms with Crippen molar-refractivity contribution in [3.63, 3.8) is 0 Å². The van der Waals surface area contributed by atoms with Crippen molar-refractivity contribution < 1.29 is 8.42 Å². The molecule has 0 aliphatic rings. The molecule has 2 aromatic rings. The van der Waals surface area contributed by atoms with E-state index in [4.69, 9.17) is 0 Å². The molecule has 0 saturated carbocycles. The van der Waals surface area contributed by atoms with E-state index >= 15 is 0 Å². The van der Waals surface area contributed by atoms with Crippen molar-refractivity contribution >= 4 is 21.5 Å². The smallest absolute Gasteiger partial charge is 0.241 e. The van der Waals surface area contributed by atoms with Gasteiger partial charge in [0.05, 0.1) is 4.90 Å². The normalized spacial score (nSPS) is 12.2. The number of benzene rings is 1. The van der Waals surface area contributed by atoms with E-state index in [0.717, 1.165) is 5.56 Å². The fourth-order valence-electron chi connectivity index (χ4n) is 1.87. The Morgan fingerprint density at radius 3 is 2.55 bits per heavy atom. The van der Waals surface area contributed by atoms with Crippen LogP contribution in [0, 0.1) is 6.92 Å². The second-order valence-electron chi connectivity index (χ2n) is 6.06. The van der Waals surface area contributed by atoms with Gasteiger partial charge in [-0.15, -0.1) is 0 Å². The van der Waals surface area contributed by atoms with Crippen LogP contribution in [0.2, 0.25) is 0 Å². The number of aryl methyl sites for hydroxylation is 1. The van der Waals surface area contributed by atoms with Gasteiger partial charge in [0.2, 0.25) is 10.0 Å². The first-order valence-electron chi connectivity index (χ1n) is 6.85. The minimum absolute atomic E-state index is 0.208. The maximum Gasteiger partial charge on any atom is 0.241 e. The van der Waals surface area contributed by atoms with Crippen LogP contribution in [-0.2, 0) is 10.0 Å². The number of hydrogen-bond acceptors (Lipinski definition) is 5. The van der Waals surface area contributed by atoms with Crippen molar-refractivity contribution in [1.29, 1.82) is 0 Å². The summed E-state index contributed by atoms with van der Waals surface area (Å²) in [5.74, 6) is 0.647. The molecule has 2 rings (SSSR count). The molecule has 0 saturated heterocycles. The molecule has 22 heavy (non-hydrogen) atoms. The van der Waals surface area contributed by atoms with Crippen LogP contribution in [0.5, 0.6) is 0 Å². The van der Waals surface area contributed by atoms with Crippen molar-refractivity contribution in [2.75, 3.05) is 5.32 Å². The molecule has 0 atom stereocenters. The first kappa shape index (κ1) is 16.4. The summed E-state index contributed by atoms with van der Waals surface area (Å²) >= 11 is 0. The fourth-order valence-corrected chi connectivity index (χ4v) is 3.33. The van der Waals surface area contributed by atoms with Gasteiger partial charge in [-0.1, -0.05) is 6.07 Å². The lowest BCUT2D eigenvalue weighted by atomic mass is 10.1. The second-order valence-corrected chi connectivity index (χ2v) is 7.75. The van der Waals surface area contributed by atoms with Crippen molar-refractivity contribution in [3.05, 3.63) is 42.4 Å². The molecule has 0 amide bonds. The molecular weight excluding hydrogens is 300 g/mol. The van der Waals surface area contributed by atoms with E-state index in [1.54, 1.807) is 51.2 Å². The summed E-state index contributed by atoms with van der Waals surface area (Å²) in [6.45, 7) is 7.29. The quantitative estimate of drug-likeness (QED) is 0.904. The average molecular weight is 320 g/mol. The van der Waals surface area contributed by atoms with E-state index in [9.17, 15) is 8.42 Å². The Morgan fingerprint density at radius 1 is 1.18 bits per heavy atom. The fraction of sp³-hybridized carbons (Fsp3) is 0.333. The largest absolute Gasteiger partial charge is 0.340 e. The first-order valence-corrected chi connectivity index (χ1v) is 8.33. The summed E-state index contributed by atoms with van der Waals surface area (Å²) in [5.41, 5.74) is 0.994. The van der Waals surface area contributed by atoms with Crippen molar-refractivity contribution in [1.82, 2.24) is 14.7 Å². The third-order valence-corrected chi connectivity index (χ3v) is 4.50. The monoisotopic (exact) mass is 320 g/mol. The molecule has 118 valence electrons. The Hall–Kier alpha value is -1.99. The molecule has 0 unspecified atom stereocenters. The van der Waals surface area contributed by atoms with Crippen LogP contribution in [0.25, 0.3) is 0 Å². The summed E-state index contributed by atoms with van der Waals surface area (Å²) in [6.07, 6.45) is 3.13. The molecule has 0 spiro atoms. The molecule has 0 aliphatic carbocycles. The maximum atomic E-state index is 12.4. The van der Waals surface area contributed by atoms with Crippen LogP contribution in [0.15, 0.2) is 41.7 Å². The number of nitrogens with zero attached hydrogens (tertiary/aromatic N) is 2. The molecule has 0 radical (unpaired) electrons. The van der Waals surface area contributed by atoms with Gasteiger partial charge in [0.1, 0.15) is 12.1 Å². The molecule has 1 aromatic heterocycles. The number of rotatable bonds is 4. The van der Waals surface area contributed by atoms with Crippen molar-refractivity contribution in [3.8, 4) is 0 Å². The van der Waals surface area contributed by atoms with Crippen LogP contribution in [-0.4, -0.2) is 23.9 Å². The minimum Gasteiger partial charge on any atom is -0.340 e. The zero-order chi connectivity index (χ0) is 16.4. The summed E-state index contributed by atoms with van der Waals surface area (Å²) in [4.78, 5) is 8.27. The Labute approximate surface area is 131 Å². The maximum absolute atomic E-state index is 12.4. The van der Waals surface area contributed by atoms with E-state index in [1.165, 1.54) is 6.33 Å². The topological polar surface area (TPSA) is 84.0 Å². The SMILES string of the molecule is Cc1cncnc1Nc1cccc(S(=O)(=O)NC(C)(C)C)c1. The second kappa shape index (κ2) is 6.02. The van der Waals surface area contributed by atoms with Crippen LogP contribution >= 0.6 is 0 Å². The number of anilines is 2. The molecule has 0 fully saturated rings. The predicted molar refractivity (Wildman–Crippen MR) is 86.6 cm³/mol. The summed E-state index contributed by atoms with van der Waals surface area (Å²) in [5, 5.41) is 3.10. The van der Waals surface area contributed by atoms with Gasteiger partial charge < -0.3 is 5.32 Å². The van der Waals surface area contributed by atoms with Crippen LogP contribution in [0.3, 0.4) is 0 Å². The molecule has 0 bridgehead atoms. The third-order valence-electron chi connectivity index (χ3n) is 2.74. The lowest BCUT2D eigenvalue weighted by Gasteiger charge is -2.20. The van der Waals surface area contributed by atoms with Crippen LogP contribution in [0.1, 0.15) is 26.3 Å². The van der Waals surface area contributed by atoms with Gasteiger partial charge in [0, 0.05) is 23.0 Å². The third kappa shape index (κ3) is 4.25. The van der Waals surface area contributed by atoms with E-state index in [1.807, 2.05) is 6.92 Å². The highest BCUT2D eigenvalue weighted by Gasteiger charge is 2.22. The van der Waals surface area contributed by atoms with E-state index < -0.39 is 15.6 Å². The summed E-state index contributed by atoms with van der Waals surface area (Å²) in [7, 11) is -3.57. The van der Waals surface area contributed by atoms with Gasteiger partial charge in [-0.05, 0) is 45.9 Å². The Kier molecular flexibility index (Phi) is 4.48. The highest BCUT2D eigenvalue weighted by atomic mass is 32.2. The standard InChI is InChI=1S/C15H20N4O2S/c1-11-9-16-10-17-14(11)18-12-6-5-7-13(8-12)22(20,21)19-15(2,3)4/h5-10,19H,1-4H3,(H,16,17,18). The molecule has 7 heteroatoms. The predicted octanol–water partition coefficient (Wildman–Crippen LogP) is 2.61. The first-order chi connectivity index (χ1) is 10.2. The Morgan fingerprint density at radius 2 is 1.91 bits per heavy atom. The average Bonchev–Trinajstić information content (AvgIpc) is 2.39. The zero-order valence-electron chi connectivity index (χ0n) is 13.1. The van der Waals surface area contributed by atoms with Gasteiger partial charge in [-0.3, -0.25) is 0 Å². The summed E-state index contributed by atoms with van der Waals surface area (Å²) < 4.78 is 27.3. The molecule has 1 heterocycles. The van der Waals surface area contributed by atoms with Crippen molar-refractivity contribution in [2.45, 2.75) is 38.1 Å². The Balaban J connectivity index is 2.29. The van der Waals surface area contributed by atoms with Crippen molar-refractivity contribution in [2.24, 2.45) is 0 Å². The minimum atomic E-state index is -3.57.